The van der Waals surface area contributed by atoms with Crippen LogP contribution in [0.5, 0.6) is 5.75 Å². The molecule has 116 valence electrons. The number of hydrogen-bond acceptors (Lipinski definition) is 3. The quantitative estimate of drug-likeness (QED) is 0.485. The average Bonchev–Trinajstić information content (AvgIpc) is 2.93. The molecule has 0 fully saturated rings. The molecule has 0 saturated heterocycles. The summed E-state index contributed by atoms with van der Waals surface area (Å²) in [6, 6.07) is 14.8. The SMILES string of the molecule is C=CCc1oc2ccccc2c1C(=O)c1ccc(OCC)cc1. The number of hydrogen-bond donors (Lipinski definition) is 0. The minimum absolute atomic E-state index is 0.0464. The zero-order chi connectivity index (χ0) is 16.2. The molecule has 3 nitrogen and oxygen atoms in total. The van der Waals surface area contributed by atoms with Crippen molar-refractivity contribution in [1.29, 1.82) is 0 Å². The minimum Gasteiger partial charge on any atom is -0.494 e. The van der Waals surface area contributed by atoms with E-state index in [2.05, 4.69) is 6.58 Å². The molecule has 3 heteroatoms. The van der Waals surface area contributed by atoms with Crippen LogP contribution in [0, 0.1) is 0 Å². The second-order valence-corrected chi connectivity index (χ2v) is 5.18. The van der Waals surface area contributed by atoms with E-state index in [-0.39, 0.29) is 5.78 Å². The van der Waals surface area contributed by atoms with E-state index in [0.29, 0.717) is 29.9 Å². The highest BCUT2D eigenvalue weighted by atomic mass is 16.5. The van der Waals surface area contributed by atoms with Gasteiger partial charge in [0.25, 0.3) is 0 Å². The molecule has 3 rings (SSSR count). The highest BCUT2D eigenvalue weighted by molar-refractivity contribution is 6.16. The molecule has 0 radical (unpaired) electrons. The van der Waals surface area contributed by atoms with Gasteiger partial charge < -0.3 is 9.15 Å². The van der Waals surface area contributed by atoms with E-state index >= 15 is 0 Å². The molecule has 0 spiro atoms. The molecule has 1 aromatic heterocycles. The third-order valence-corrected chi connectivity index (χ3v) is 3.65. The van der Waals surface area contributed by atoms with Gasteiger partial charge in [0.1, 0.15) is 17.1 Å². The monoisotopic (exact) mass is 306 g/mol. The number of fused-ring (bicyclic) bond motifs is 1. The maximum absolute atomic E-state index is 13.0. The summed E-state index contributed by atoms with van der Waals surface area (Å²) in [5.74, 6) is 1.36. The number of benzene rings is 2. The number of allylic oxidation sites excluding steroid dienone is 1. The first kappa shape index (κ1) is 15.1. The van der Waals surface area contributed by atoms with Gasteiger partial charge in [-0.2, -0.15) is 0 Å². The van der Waals surface area contributed by atoms with Crippen LogP contribution in [0.1, 0.15) is 28.6 Å². The minimum atomic E-state index is -0.0464. The van der Waals surface area contributed by atoms with Crippen molar-refractivity contribution >= 4 is 16.8 Å². The van der Waals surface area contributed by atoms with Crippen molar-refractivity contribution in [3.8, 4) is 5.75 Å². The lowest BCUT2D eigenvalue weighted by molar-refractivity contribution is 0.103. The van der Waals surface area contributed by atoms with Gasteiger partial charge in [-0.3, -0.25) is 4.79 Å². The molecule has 0 unspecified atom stereocenters. The lowest BCUT2D eigenvalue weighted by atomic mass is 9.99. The molecule has 0 atom stereocenters. The summed E-state index contributed by atoms with van der Waals surface area (Å²) >= 11 is 0. The fourth-order valence-corrected chi connectivity index (χ4v) is 2.63. The normalized spacial score (nSPS) is 10.7. The van der Waals surface area contributed by atoms with Crippen LogP contribution in [0.3, 0.4) is 0 Å². The van der Waals surface area contributed by atoms with Crippen LogP contribution in [-0.2, 0) is 6.42 Å². The molecule has 0 N–H and O–H groups in total. The number of carbonyl (C=O) groups excluding carboxylic acids is 1. The summed E-state index contributed by atoms with van der Waals surface area (Å²) in [5, 5.41) is 0.836. The van der Waals surface area contributed by atoms with Crippen LogP contribution < -0.4 is 4.74 Å². The van der Waals surface area contributed by atoms with Crippen LogP contribution in [0.2, 0.25) is 0 Å². The van der Waals surface area contributed by atoms with Crippen molar-refractivity contribution in [3.05, 3.63) is 78.1 Å². The van der Waals surface area contributed by atoms with Gasteiger partial charge in [-0.1, -0.05) is 24.3 Å². The second kappa shape index (κ2) is 6.53. The van der Waals surface area contributed by atoms with Crippen molar-refractivity contribution in [2.24, 2.45) is 0 Å². The Kier molecular flexibility index (Phi) is 4.29. The topological polar surface area (TPSA) is 39.4 Å². The number of furan rings is 1. The van der Waals surface area contributed by atoms with Crippen molar-refractivity contribution in [2.75, 3.05) is 6.61 Å². The zero-order valence-electron chi connectivity index (χ0n) is 13.0. The van der Waals surface area contributed by atoms with E-state index in [9.17, 15) is 4.79 Å². The number of ether oxygens (including phenoxy) is 1. The number of para-hydroxylation sites is 1. The van der Waals surface area contributed by atoms with E-state index in [4.69, 9.17) is 9.15 Å². The van der Waals surface area contributed by atoms with E-state index in [1.165, 1.54) is 0 Å². The Balaban J connectivity index is 2.05. The van der Waals surface area contributed by atoms with Crippen LogP contribution in [-0.4, -0.2) is 12.4 Å². The molecule has 0 bridgehead atoms. The van der Waals surface area contributed by atoms with Gasteiger partial charge in [0.15, 0.2) is 5.78 Å². The van der Waals surface area contributed by atoms with E-state index in [1.54, 1.807) is 18.2 Å². The molecular weight excluding hydrogens is 288 g/mol. The van der Waals surface area contributed by atoms with Gasteiger partial charge in [0.2, 0.25) is 0 Å². The fraction of sp³-hybridized carbons (Fsp3) is 0.150. The van der Waals surface area contributed by atoms with E-state index < -0.39 is 0 Å². The first-order valence-corrected chi connectivity index (χ1v) is 7.63. The Morgan fingerprint density at radius 3 is 2.61 bits per heavy atom. The highest BCUT2D eigenvalue weighted by Gasteiger charge is 2.21. The molecule has 2 aromatic carbocycles. The summed E-state index contributed by atoms with van der Waals surface area (Å²) < 4.78 is 11.2. The number of carbonyl (C=O) groups is 1. The van der Waals surface area contributed by atoms with Crippen LogP contribution in [0.25, 0.3) is 11.0 Å². The molecule has 1 heterocycles. The molecule has 0 aliphatic rings. The van der Waals surface area contributed by atoms with E-state index in [0.717, 1.165) is 16.7 Å². The summed E-state index contributed by atoms with van der Waals surface area (Å²) in [5.41, 5.74) is 1.95. The zero-order valence-corrected chi connectivity index (χ0v) is 13.0. The molecule has 0 aliphatic heterocycles. The predicted molar refractivity (Wildman–Crippen MR) is 91.2 cm³/mol. The lowest BCUT2D eigenvalue weighted by Crippen LogP contribution is -2.03. The van der Waals surface area contributed by atoms with Gasteiger partial charge in [-0.25, -0.2) is 0 Å². The molecule has 0 aliphatic carbocycles. The predicted octanol–water partition coefficient (Wildman–Crippen LogP) is 4.79. The molecule has 3 aromatic rings. The molecule has 0 saturated carbocycles. The summed E-state index contributed by atoms with van der Waals surface area (Å²) in [4.78, 5) is 13.0. The summed E-state index contributed by atoms with van der Waals surface area (Å²) in [6.07, 6.45) is 2.26. The lowest BCUT2D eigenvalue weighted by Gasteiger charge is -2.05. The first-order chi connectivity index (χ1) is 11.2. The Labute approximate surface area is 135 Å². The van der Waals surface area contributed by atoms with Crippen LogP contribution >= 0.6 is 0 Å². The second-order valence-electron chi connectivity index (χ2n) is 5.18. The van der Waals surface area contributed by atoms with Crippen molar-refractivity contribution in [3.63, 3.8) is 0 Å². The third kappa shape index (κ3) is 2.90. The fourth-order valence-electron chi connectivity index (χ4n) is 2.63. The van der Waals surface area contributed by atoms with E-state index in [1.807, 2.05) is 43.3 Å². The van der Waals surface area contributed by atoms with Crippen molar-refractivity contribution < 1.29 is 13.9 Å². The van der Waals surface area contributed by atoms with Crippen molar-refractivity contribution in [1.82, 2.24) is 0 Å². The largest absolute Gasteiger partial charge is 0.494 e. The van der Waals surface area contributed by atoms with Gasteiger partial charge in [-0.05, 0) is 37.3 Å². The number of rotatable bonds is 6. The first-order valence-electron chi connectivity index (χ1n) is 7.63. The van der Waals surface area contributed by atoms with Crippen LogP contribution in [0.15, 0.2) is 65.6 Å². The maximum atomic E-state index is 13.0. The average molecular weight is 306 g/mol. The summed E-state index contributed by atoms with van der Waals surface area (Å²) in [6.45, 7) is 6.27. The maximum Gasteiger partial charge on any atom is 0.197 e. The van der Waals surface area contributed by atoms with Crippen molar-refractivity contribution in [2.45, 2.75) is 13.3 Å². The van der Waals surface area contributed by atoms with Gasteiger partial charge >= 0.3 is 0 Å². The summed E-state index contributed by atoms with van der Waals surface area (Å²) in [7, 11) is 0. The molecule has 0 amide bonds. The smallest absolute Gasteiger partial charge is 0.197 e. The Morgan fingerprint density at radius 2 is 1.91 bits per heavy atom. The Bertz CT molecular complexity index is 841. The number of ketones is 1. The van der Waals surface area contributed by atoms with Gasteiger partial charge in [-0.15, -0.1) is 6.58 Å². The standard InChI is InChI=1S/C20H18O3/c1-3-7-18-19(16-8-5-6-9-17(16)23-18)20(21)14-10-12-15(13-11-14)22-4-2/h3,5-6,8-13H,1,4,7H2,2H3. The third-order valence-electron chi connectivity index (χ3n) is 3.65. The molecular formula is C20H18O3. The molecule has 23 heavy (non-hydrogen) atoms. The van der Waals surface area contributed by atoms with Gasteiger partial charge in [0, 0.05) is 17.4 Å². The van der Waals surface area contributed by atoms with Crippen LogP contribution in [0.4, 0.5) is 0 Å². The Hall–Kier alpha value is -2.81. The highest BCUT2D eigenvalue weighted by Crippen LogP contribution is 2.29. The van der Waals surface area contributed by atoms with Gasteiger partial charge in [0.05, 0.1) is 12.2 Å². The Morgan fingerprint density at radius 1 is 1.17 bits per heavy atom.